The van der Waals surface area contributed by atoms with Gasteiger partial charge in [0.1, 0.15) is 18.1 Å². The molecule has 0 aliphatic heterocycles. The number of carbonyl (C=O) groups is 1. The Bertz CT molecular complexity index is 1120. The lowest BCUT2D eigenvalue weighted by Gasteiger charge is -2.11. The third-order valence-corrected chi connectivity index (χ3v) is 3.72. The third kappa shape index (κ3) is 5.11. The van der Waals surface area contributed by atoms with Crippen LogP contribution in [-0.4, -0.2) is 23.0 Å². The van der Waals surface area contributed by atoms with Gasteiger partial charge in [-0.1, -0.05) is 24.3 Å². The Morgan fingerprint density at radius 2 is 1.57 bits per heavy atom. The van der Waals surface area contributed by atoms with Crippen molar-refractivity contribution in [3.63, 3.8) is 0 Å². The molecular weight excluding hydrogens is 386 g/mol. The molecule has 0 saturated carbocycles. The molecular formula is C22H17N3O5. The molecule has 8 heteroatoms. The zero-order valence-electron chi connectivity index (χ0n) is 16.2. The predicted octanol–water partition coefficient (Wildman–Crippen LogP) is 4.39. The molecule has 0 bridgehead atoms. The number of hydrogen-bond acceptors (Lipinski definition) is 8. The summed E-state index contributed by atoms with van der Waals surface area (Å²) in [6, 6.07) is 17.0. The number of nitriles is 1. The molecule has 3 aromatic rings. The highest BCUT2D eigenvalue weighted by Gasteiger charge is 2.14. The Kier molecular flexibility index (Phi) is 6.59. The summed E-state index contributed by atoms with van der Waals surface area (Å²) < 4.78 is 21.6. The van der Waals surface area contributed by atoms with Crippen molar-refractivity contribution in [2.75, 3.05) is 7.11 Å². The average Bonchev–Trinajstić information content (AvgIpc) is 2.76. The molecule has 0 N–H and O–H groups in total. The molecule has 2 aromatic carbocycles. The first-order valence-electron chi connectivity index (χ1n) is 8.78. The van der Waals surface area contributed by atoms with Crippen molar-refractivity contribution in [1.82, 2.24) is 9.97 Å². The van der Waals surface area contributed by atoms with Gasteiger partial charge in [-0.15, -0.1) is 0 Å². The van der Waals surface area contributed by atoms with Crippen LogP contribution in [0.25, 0.3) is 0 Å². The van der Waals surface area contributed by atoms with E-state index in [0.29, 0.717) is 16.9 Å². The maximum absolute atomic E-state index is 12.1. The monoisotopic (exact) mass is 403 g/mol. The van der Waals surface area contributed by atoms with Crippen LogP contribution in [0.3, 0.4) is 0 Å². The second kappa shape index (κ2) is 9.71. The first-order valence-corrected chi connectivity index (χ1v) is 8.78. The lowest BCUT2D eigenvalue weighted by Crippen LogP contribution is -2.10. The van der Waals surface area contributed by atoms with Gasteiger partial charge in [0.2, 0.25) is 11.8 Å². The van der Waals surface area contributed by atoms with Crippen molar-refractivity contribution in [3.05, 3.63) is 78.3 Å². The average molecular weight is 403 g/mol. The van der Waals surface area contributed by atoms with E-state index in [2.05, 4.69) is 16.0 Å². The molecule has 0 spiro atoms. The van der Waals surface area contributed by atoms with Gasteiger partial charge in [-0.25, -0.2) is 14.8 Å². The summed E-state index contributed by atoms with van der Waals surface area (Å²) in [4.78, 5) is 20.2. The molecule has 30 heavy (non-hydrogen) atoms. The van der Waals surface area contributed by atoms with E-state index >= 15 is 0 Å². The van der Waals surface area contributed by atoms with E-state index in [1.54, 1.807) is 55.5 Å². The summed E-state index contributed by atoms with van der Waals surface area (Å²) in [7, 11) is 1.44. The molecule has 0 atom stereocenters. The van der Waals surface area contributed by atoms with E-state index in [4.69, 9.17) is 18.9 Å². The van der Waals surface area contributed by atoms with Gasteiger partial charge in [-0.2, -0.15) is 5.26 Å². The Balaban J connectivity index is 1.79. The number of benzene rings is 2. The SMILES string of the molecule is COC=C(C)C(=O)Oc1ccccc1Oc1cc(Oc2ccccc2C#N)ncn1. The number of methoxy groups -OCH3 is 1. The van der Waals surface area contributed by atoms with E-state index in [-0.39, 0.29) is 23.3 Å². The molecule has 0 amide bonds. The van der Waals surface area contributed by atoms with E-state index in [0.717, 1.165) is 0 Å². The van der Waals surface area contributed by atoms with Crippen LogP contribution >= 0.6 is 0 Å². The fraction of sp³-hybridized carbons (Fsp3) is 0.0909. The number of ether oxygens (including phenoxy) is 4. The van der Waals surface area contributed by atoms with Gasteiger partial charge >= 0.3 is 5.97 Å². The maximum Gasteiger partial charge on any atom is 0.342 e. The largest absolute Gasteiger partial charge is 0.504 e. The Hall–Kier alpha value is -4.38. The van der Waals surface area contributed by atoms with E-state index < -0.39 is 5.97 Å². The lowest BCUT2D eigenvalue weighted by atomic mass is 10.2. The van der Waals surface area contributed by atoms with Crippen molar-refractivity contribution in [1.29, 1.82) is 5.26 Å². The molecule has 0 fully saturated rings. The molecule has 1 heterocycles. The fourth-order valence-corrected chi connectivity index (χ4v) is 2.33. The van der Waals surface area contributed by atoms with E-state index in [1.165, 1.54) is 25.8 Å². The molecule has 0 unspecified atom stereocenters. The van der Waals surface area contributed by atoms with Crippen molar-refractivity contribution in [2.45, 2.75) is 6.92 Å². The number of nitrogens with zero attached hydrogens (tertiary/aromatic N) is 3. The van der Waals surface area contributed by atoms with E-state index in [9.17, 15) is 10.1 Å². The third-order valence-electron chi connectivity index (χ3n) is 3.72. The highest BCUT2D eigenvalue weighted by atomic mass is 16.6. The molecule has 0 radical (unpaired) electrons. The normalized spacial score (nSPS) is 10.6. The molecule has 1 aromatic heterocycles. The molecule has 8 nitrogen and oxygen atoms in total. The van der Waals surface area contributed by atoms with Gasteiger partial charge in [0, 0.05) is 0 Å². The minimum Gasteiger partial charge on any atom is -0.504 e. The van der Waals surface area contributed by atoms with Crippen molar-refractivity contribution in [2.24, 2.45) is 0 Å². The molecule has 3 rings (SSSR count). The number of hydrogen-bond donors (Lipinski definition) is 0. The number of rotatable bonds is 7. The molecule has 0 aliphatic carbocycles. The van der Waals surface area contributed by atoms with Crippen LogP contribution in [0.1, 0.15) is 12.5 Å². The van der Waals surface area contributed by atoms with Crippen LogP contribution in [0.5, 0.6) is 29.0 Å². The van der Waals surface area contributed by atoms with Gasteiger partial charge < -0.3 is 18.9 Å². The van der Waals surface area contributed by atoms with Crippen molar-refractivity contribution >= 4 is 5.97 Å². The molecule has 150 valence electrons. The van der Waals surface area contributed by atoms with Crippen LogP contribution < -0.4 is 14.2 Å². The summed E-state index contributed by atoms with van der Waals surface area (Å²) in [6.45, 7) is 1.57. The number of esters is 1. The summed E-state index contributed by atoms with van der Waals surface area (Å²) in [5, 5.41) is 9.18. The topological polar surface area (TPSA) is 104 Å². The molecule has 0 saturated heterocycles. The minimum absolute atomic E-state index is 0.169. The van der Waals surface area contributed by atoms with Gasteiger partial charge in [-0.05, 0) is 31.2 Å². The van der Waals surface area contributed by atoms with Crippen LogP contribution in [0.4, 0.5) is 0 Å². The summed E-state index contributed by atoms with van der Waals surface area (Å²) in [5.74, 6) is 0.630. The van der Waals surface area contributed by atoms with Gasteiger partial charge in [-0.3, -0.25) is 0 Å². The minimum atomic E-state index is -0.576. The first kappa shape index (κ1) is 20.4. The van der Waals surface area contributed by atoms with Crippen molar-refractivity contribution in [3.8, 4) is 35.1 Å². The summed E-state index contributed by atoms with van der Waals surface area (Å²) in [5.41, 5.74) is 0.663. The van der Waals surface area contributed by atoms with E-state index in [1.807, 2.05) is 0 Å². The number of para-hydroxylation sites is 3. The predicted molar refractivity (Wildman–Crippen MR) is 106 cm³/mol. The van der Waals surface area contributed by atoms with Crippen LogP contribution in [-0.2, 0) is 9.53 Å². The maximum atomic E-state index is 12.1. The van der Waals surface area contributed by atoms with Gasteiger partial charge in [0.25, 0.3) is 0 Å². The Morgan fingerprint density at radius 3 is 2.23 bits per heavy atom. The first-order chi connectivity index (χ1) is 14.6. The molecule has 0 aliphatic rings. The number of carbonyl (C=O) groups excluding carboxylic acids is 1. The lowest BCUT2D eigenvalue weighted by molar-refractivity contribution is -0.130. The van der Waals surface area contributed by atoms with Crippen LogP contribution in [0.15, 0.2) is 72.8 Å². The second-order valence-electron chi connectivity index (χ2n) is 5.88. The second-order valence-corrected chi connectivity index (χ2v) is 5.88. The highest BCUT2D eigenvalue weighted by Crippen LogP contribution is 2.32. The van der Waals surface area contributed by atoms with Crippen molar-refractivity contribution < 1.29 is 23.7 Å². The van der Waals surface area contributed by atoms with Crippen LogP contribution in [0, 0.1) is 11.3 Å². The zero-order valence-corrected chi connectivity index (χ0v) is 16.2. The fourth-order valence-electron chi connectivity index (χ4n) is 2.33. The Morgan fingerprint density at radius 1 is 0.967 bits per heavy atom. The van der Waals surface area contributed by atoms with Gasteiger partial charge in [0.05, 0.1) is 30.6 Å². The zero-order chi connectivity index (χ0) is 21.3. The quantitative estimate of drug-likeness (QED) is 0.248. The smallest absolute Gasteiger partial charge is 0.342 e. The highest BCUT2D eigenvalue weighted by molar-refractivity contribution is 5.89. The Labute approximate surface area is 172 Å². The van der Waals surface area contributed by atoms with Crippen LogP contribution in [0.2, 0.25) is 0 Å². The standard InChI is InChI=1S/C22H17N3O5/c1-15(13-27-2)22(26)30-19-10-6-5-9-18(19)29-21-11-20(24-14-25-21)28-17-8-4-3-7-16(17)12-23/h3-11,13-14H,1-2H3. The summed E-state index contributed by atoms with van der Waals surface area (Å²) >= 11 is 0. The van der Waals surface area contributed by atoms with Gasteiger partial charge in [0.15, 0.2) is 11.5 Å². The number of aromatic nitrogens is 2. The summed E-state index contributed by atoms with van der Waals surface area (Å²) in [6.07, 6.45) is 2.55.